The number of carbonyl (C=O) groups excluding carboxylic acids is 3. The molecule has 184 valence electrons. The first-order valence-electron chi connectivity index (χ1n) is 10.6. The molecule has 0 radical (unpaired) electrons. The van der Waals surface area contributed by atoms with Gasteiger partial charge >= 0.3 is 5.97 Å². The molecule has 0 fully saturated rings. The van der Waals surface area contributed by atoms with Gasteiger partial charge in [-0.2, -0.15) is 0 Å². The Balaban J connectivity index is 2.64. The second kappa shape index (κ2) is 14.0. The average molecular weight is 468 g/mol. The highest BCUT2D eigenvalue weighted by Crippen LogP contribution is 2.11. The number of hydrogen-bond donors (Lipinski definition) is 8. The standard InChI is InChI=1S/C21H33N5O7/c1-12(27)18(21(32)33)26-20(31)16(4-2-3-9-22)25-17(29)11-24-19(30)15(23)10-13-5-7-14(28)8-6-13/h5-8,12,15-16,18,27-28H,2-4,9-11,22-23H2,1H3,(H,24,30)(H,25,29)(H,26,31)(H,32,33). The number of hydrogen-bond acceptors (Lipinski definition) is 8. The Kier molecular flexibility index (Phi) is 11.8. The molecule has 0 saturated heterocycles. The summed E-state index contributed by atoms with van der Waals surface area (Å²) < 4.78 is 0. The lowest BCUT2D eigenvalue weighted by atomic mass is 10.1. The van der Waals surface area contributed by atoms with E-state index in [4.69, 9.17) is 16.6 Å². The number of benzene rings is 1. The van der Waals surface area contributed by atoms with Crippen LogP contribution in [0.1, 0.15) is 31.7 Å². The van der Waals surface area contributed by atoms with Crippen LogP contribution in [0.2, 0.25) is 0 Å². The first kappa shape index (κ1) is 27.8. The van der Waals surface area contributed by atoms with Gasteiger partial charge in [-0.15, -0.1) is 0 Å². The van der Waals surface area contributed by atoms with Crippen molar-refractivity contribution in [1.82, 2.24) is 16.0 Å². The zero-order valence-electron chi connectivity index (χ0n) is 18.5. The third-order valence-electron chi connectivity index (χ3n) is 4.80. The number of aliphatic hydroxyl groups is 1. The number of carboxylic acids is 1. The summed E-state index contributed by atoms with van der Waals surface area (Å²) in [6.45, 7) is 1.15. The summed E-state index contributed by atoms with van der Waals surface area (Å²) >= 11 is 0. The maximum Gasteiger partial charge on any atom is 0.328 e. The molecule has 10 N–H and O–H groups in total. The van der Waals surface area contributed by atoms with Gasteiger partial charge in [-0.1, -0.05) is 12.1 Å². The number of unbranched alkanes of at least 4 members (excludes halogenated alkanes) is 1. The molecule has 33 heavy (non-hydrogen) atoms. The van der Waals surface area contributed by atoms with E-state index in [9.17, 15) is 29.4 Å². The molecule has 1 rings (SSSR count). The highest BCUT2D eigenvalue weighted by Gasteiger charge is 2.29. The number of carboxylic acid groups (broad SMARTS) is 1. The Labute approximate surface area is 191 Å². The number of aliphatic hydroxyl groups excluding tert-OH is 1. The molecule has 4 atom stereocenters. The van der Waals surface area contributed by atoms with Crippen LogP contribution in [-0.2, 0) is 25.6 Å². The van der Waals surface area contributed by atoms with Crippen molar-refractivity contribution in [3.63, 3.8) is 0 Å². The Hall–Kier alpha value is -3.22. The van der Waals surface area contributed by atoms with Crippen LogP contribution in [0.5, 0.6) is 5.75 Å². The number of amides is 3. The van der Waals surface area contributed by atoms with E-state index < -0.39 is 54.5 Å². The van der Waals surface area contributed by atoms with E-state index in [1.165, 1.54) is 19.1 Å². The van der Waals surface area contributed by atoms with Crippen LogP contribution >= 0.6 is 0 Å². The molecule has 0 saturated carbocycles. The topological polar surface area (TPSA) is 217 Å². The Morgan fingerprint density at radius 2 is 1.67 bits per heavy atom. The molecule has 4 unspecified atom stereocenters. The Bertz CT molecular complexity index is 801. The fourth-order valence-electron chi connectivity index (χ4n) is 2.93. The van der Waals surface area contributed by atoms with Gasteiger partial charge in [0.05, 0.1) is 18.7 Å². The largest absolute Gasteiger partial charge is 0.508 e. The summed E-state index contributed by atoms with van der Waals surface area (Å²) in [5.74, 6) is -3.36. The monoisotopic (exact) mass is 467 g/mol. The van der Waals surface area contributed by atoms with Gasteiger partial charge in [0.2, 0.25) is 17.7 Å². The molecule has 0 aromatic heterocycles. The third kappa shape index (κ3) is 10.3. The normalized spacial score (nSPS) is 14.4. The number of nitrogens with one attached hydrogen (secondary N) is 3. The molecule has 1 aromatic carbocycles. The lowest BCUT2D eigenvalue weighted by Crippen LogP contribution is -2.56. The Morgan fingerprint density at radius 3 is 2.21 bits per heavy atom. The molecule has 0 spiro atoms. The second-order valence-corrected chi connectivity index (χ2v) is 7.66. The predicted molar refractivity (Wildman–Crippen MR) is 119 cm³/mol. The van der Waals surface area contributed by atoms with E-state index >= 15 is 0 Å². The van der Waals surface area contributed by atoms with Crippen molar-refractivity contribution in [3.05, 3.63) is 29.8 Å². The zero-order chi connectivity index (χ0) is 25.0. The van der Waals surface area contributed by atoms with Crippen LogP contribution in [0.4, 0.5) is 0 Å². The van der Waals surface area contributed by atoms with Crippen LogP contribution < -0.4 is 27.4 Å². The summed E-state index contributed by atoms with van der Waals surface area (Å²) in [6, 6.07) is 2.63. The van der Waals surface area contributed by atoms with E-state index in [0.29, 0.717) is 19.4 Å². The van der Waals surface area contributed by atoms with E-state index in [0.717, 1.165) is 5.56 Å². The van der Waals surface area contributed by atoms with Gasteiger partial charge in [-0.25, -0.2) is 4.79 Å². The number of aliphatic carboxylic acids is 1. The van der Waals surface area contributed by atoms with E-state index in [-0.39, 0.29) is 18.6 Å². The van der Waals surface area contributed by atoms with Crippen molar-refractivity contribution in [2.45, 2.75) is 56.8 Å². The van der Waals surface area contributed by atoms with Crippen LogP contribution in [0.25, 0.3) is 0 Å². The summed E-state index contributed by atoms with van der Waals surface area (Å²) in [6.07, 6.45) is 0.108. The van der Waals surface area contributed by atoms with E-state index in [1.54, 1.807) is 12.1 Å². The molecule has 0 heterocycles. The highest BCUT2D eigenvalue weighted by molar-refractivity contribution is 5.92. The van der Waals surface area contributed by atoms with Gasteiger partial charge in [0.25, 0.3) is 0 Å². The SMILES string of the molecule is CC(O)C(NC(=O)C(CCCCN)NC(=O)CNC(=O)C(N)Cc1ccc(O)cc1)C(=O)O. The molecule has 0 bridgehead atoms. The third-order valence-corrected chi connectivity index (χ3v) is 4.80. The molecule has 0 aliphatic carbocycles. The zero-order valence-corrected chi connectivity index (χ0v) is 18.5. The fraction of sp³-hybridized carbons (Fsp3) is 0.524. The summed E-state index contributed by atoms with van der Waals surface area (Å²) in [4.78, 5) is 48.2. The number of phenolic OH excluding ortho intramolecular Hbond substituents is 1. The van der Waals surface area contributed by atoms with Gasteiger partial charge in [-0.05, 0) is 56.8 Å². The van der Waals surface area contributed by atoms with Crippen LogP contribution in [0.15, 0.2) is 24.3 Å². The average Bonchev–Trinajstić information content (AvgIpc) is 2.76. The number of phenols is 1. The molecular weight excluding hydrogens is 434 g/mol. The maximum atomic E-state index is 12.5. The second-order valence-electron chi connectivity index (χ2n) is 7.66. The fourth-order valence-corrected chi connectivity index (χ4v) is 2.93. The van der Waals surface area contributed by atoms with Crippen LogP contribution in [0, 0.1) is 0 Å². The van der Waals surface area contributed by atoms with Crippen molar-refractivity contribution in [3.8, 4) is 5.75 Å². The van der Waals surface area contributed by atoms with Crippen LogP contribution in [0.3, 0.4) is 0 Å². The van der Waals surface area contributed by atoms with Gasteiger partial charge in [0.1, 0.15) is 11.8 Å². The minimum Gasteiger partial charge on any atom is -0.508 e. The van der Waals surface area contributed by atoms with Crippen LogP contribution in [-0.4, -0.2) is 76.3 Å². The first-order valence-corrected chi connectivity index (χ1v) is 10.6. The van der Waals surface area contributed by atoms with Crippen molar-refractivity contribution in [2.75, 3.05) is 13.1 Å². The predicted octanol–water partition coefficient (Wildman–Crippen LogP) is -2.06. The summed E-state index contributed by atoms with van der Waals surface area (Å²) in [5.41, 5.74) is 12.0. The van der Waals surface area contributed by atoms with Crippen molar-refractivity contribution in [1.29, 1.82) is 0 Å². The highest BCUT2D eigenvalue weighted by atomic mass is 16.4. The first-order chi connectivity index (χ1) is 15.5. The quantitative estimate of drug-likeness (QED) is 0.141. The molecule has 3 amide bonds. The molecule has 12 nitrogen and oxygen atoms in total. The lowest BCUT2D eigenvalue weighted by Gasteiger charge is -2.23. The molecule has 0 aliphatic rings. The molecule has 1 aromatic rings. The van der Waals surface area contributed by atoms with Crippen molar-refractivity contribution < 1.29 is 34.5 Å². The summed E-state index contributed by atoms with van der Waals surface area (Å²) in [5, 5.41) is 35.0. The van der Waals surface area contributed by atoms with Gasteiger partial charge in [0, 0.05) is 0 Å². The number of carbonyl (C=O) groups is 4. The van der Waals surface area contributed by atoms with E-state index in [2.05, 4.69) is 16.0 Å². The maximum absolute atomic E-state index is 12.5. The van der Waals surface area contributed by atoms with Gasteiger partial charge in [-0.3, -0.25) is 14.4 Å². The van der Waals surface area contributed by atoms with Gasteiger partial charge < -0.3 is 42.7 Å². The van der Waals surface area contributed by atoms with Crippen molar-refractivity contribution >= 4 is 23.7 Å². The minimum atomic E-state index is -1.54. The number of aromatic hydroxyl groups is 1. The van der Waals surface area contributed by atoms with E-state index in [1.807, 2.05) is 0 Å². The Morgan fingerprint density at radius 1 is 1.03 bits per heavy atom. The molecule has 12 heteroatoms. The minimum absolute atomic E-state index is 0.0848. The lowest BCUT2D eigenvalue weighted by molar-refractivity contribution is -0.145. The molecular formula is C21H33N5O7. The number of nitrogens with two attached hydrogens (primary N) is 2. The van der Waals surface area contributed by atoms with Crippen molar-refractivity contribution in [2.24, 2.45) is 11.5 Å². The molecule has 0 aliphatic heterocycles. The summed E-state index contributed by atoms with van der Waals surface area (Å²) in [7, 11) is 0. The van der Waals surface area contributed by atoms with Gasteiger partial charge in [0.15, 0.2) is 6.04 Å². The smallest absolute Gasteiger partial charge is 0.328 e. The number of rotatable bonds is 14.